The predicted octanol–water partition coefficient (Wildman–Crippen LogP) is 0.507. The van der Waals surface area contributed by atoms with Gasteiger partial charge in [-0.25, -0.2) is 4.79 Å². The highest BCUT2D eigenvalue weighted by Gasteiger charge is 2.17. The number of aliphatic carboxylic acids is 1. The number of carbonyl (C=O) groups excluding carboxylic acids is 1. The molecule has 0 aromatic carbocycles. The van der Waals surface area contributed by atoms with Gasteiger partial charge in [-0.2, -0.15) is 0 Å². The van der Waals surface area contributed by atoms with E-state index in [1.807, 2.05) is 13.8 Å². The van der Waals surface area contributed by atoms with Gasteiger partial charge in [0.1, 0.15) is 6.54 Å². The van der Waals surface area contributed by atoms with E-state index in [2.05, 4.69) is 5.32 Å². The second kappa shape index (κ2) is 8.91. The van der Waals surface area contributed by atoms with Gasteiger partial charge in [0.15, 0.2) is 0 Å². The van der Waals surface area contributed by atoms with E-state index < -0.39 is 16.8 Å². The molecule has 2 amide bonds. The van der Waals surface area contributed by atoms with Crippen molar-refractivity contribution < 1.29 is 18.9 Å². The van der Waals surface area contributed by atoms with Gasteiger partial charge in [-0.05, 0) is 12.3 Å². The van der Waals surface area contributed by atoms with Gasteiger partial charge in [-0.15, -0.1) is 0 Å². The van der Waals surface area contributed by atoms with Crippen LogP contribution in [-0.4, -0.2) is 57.9 Å². The summed E-state index contributed by atoms with van der Waals surface area (Å²) in [6.45, 7) is 4.35. The lowest BCUT2D eigenvalue weighted by Crippen LogP contribution is -2.44. The maximum atomic E-state index is 11.7. The van der Waals surface area contributed by atoms with Gasteiger partial charge < -0.3 is 15.3 Å². The zero-order chi connectivity index (χ0) is 14.1. The lowest BCUT2D eigenvalue weighted by atomic mass is 10.2. The summed E-state index contributed by atoms with van der Waals surface area (Å²) in [5.41, 5.74) is 0. The minimum absolute atomic E-state index is 0.207. The number of hydrogen-bond acceptors (Lipinski definition) is 3. The number of carboxylic acids is 1. The summed E-state index contributed by atoms with van der Waals surface area (Å²) in [6.07, 6.45) is 2.23. The second-order valence-electron chi connectivity index (χ2n) is 4.53. The van der Waals surface area contributed by atoms with Crippen molar-refractivity contribution in [3.05, 3.63) is 0 Å². The number of amides is 2. The quantitative estimate of drug-likeness (QED) is 0.633. The molecule has 0 aromatic rings. The highest BCUT2D eigenvalue weighted by atomic mass is 32.2. The zero-order valence-corrected chi connectivity index (χ0v) is 12.0. The molecule has 0 fully saturated rings. The summed E-state index contributed by atoms with van der Waals surface area (Å²) in [7, 11) is -0.868. The van der Waals surface area contributed by atoms with E-state index >= 15 is 0 Å². The van der Waals surface area contributed by atoms with Gasteiger partial charge in [0.2, 0.25) is 0 Å². The van der Waals surface area contributed by atoms with Gasteiger partial charge in [-0.3, -0.25) is 9.00 Å². The summed E-state index contributed by atoms with van der Waals surface area (Å²) in [4.78, 5) is 23.7. The molecule has 0 radical (unpaired) electrons. The van der Waals surface area contributed by atoms with Crippen LogP contribution in [0.5, 0.6) is 0 Å². The van der Waals surface area contributed by atoms with Crippen molar-refractivity contribution >= 4 is 22.8 Å². The Morgan fingerprint density at radius 1 is 1.39 bits per heavy atom. The maximum absolute atomic E-state index is 11.7. The molecule has 106 valence electrons. The molecular formula is C11H22N2O4S. The molecule has 0 rings (SSSR count). The third kappa shape index (κ3) is 8.98. The molecule has 7 heteroatoms. The van der Waals surface area contributed by atoms with E-state index in [1.165, 1.54) is 4.90 Å². The van der Waals surface area contributed by atoms with Crippen molar-refractivity contribution in [3.63, 3.8) is 0 Å². The Kier molecular flexibility index (Phi) is 8.36. The van der Waals surface area contributed by atoms with Crippen LogP contribution in [0.1, 0.15) is 20.3 Å². The molecule has 1 unspecified atom stereocenters. The van der Waals surface area contributed by atoms with Crippen molar-refractivity contribution in [2.45, 2.75) is 20.3 Å². The predicted molar refractivity (Wildman–Crippen MR) is 71.0 cm³/mol. The third-order valence-corrected chi connectivity index (χ3v) is 2.95. The summed E-state index contributed by atoms with van der Waals surface area (Å²) in [6, 6.07) is -0.381. The number of rotatable bonds is 8. The van der Waals surface area contributed by atoms with Crippen LogP contribution in [0.4, 0.5) is 4.79 Å². The van der Waals surface area contributed by atoms with Crippen LogP contribution < -0.4 is 5.32 Å². The van der Waals surface area contributed by atoms with Crippen molar-refractivity contribution in [3.8, 4) is 0 Å². The minimum atomic E-state index is -1.03. The number of hydrogen-bond donors (Lipinski definition) is 2. The van der Waals surface area contributed by atoms with Crippen LogP contribution >= 0.6 is 0 Å². The molecule has 0 heterocycles. The smallest absolute Gasteiger partial charge is 0.323 e. The van der Waals surface area contributed by atoms with Gasteiger partial charge in [0, 0.05) is 35.9 Å². The Balaban J connectivity index is 4.12. The van der Waals surface area contributed by atoms with E-state index in [4.69, 9.17) is 5.11 Å². The van der Waals surface area contributed by atoms with E-state index in [1.54, 1.807) is 6.26 Å². The molecule has 2 N–H and O–H groups in total. The molecule has 0 saturated carbocycles. The first kappa shape index (κ1) is 16.9. The lowest BCUT2D eigenvalue weighted by Gasteiger charge is -2.23. The summed E-state index contributed by atoms with van der Waals surface area (Å²) in [5, 5.41) is 11.4. The molecule has 0 aliphatic heterocycles. The van der Waals surface area contributed by atoms with Gasteiger partial charge in [-0.1, -0.05) is 13.8 Å². The third-order valence-electron chi connectivity index (χ3n) is 2.08. The fraction of sp³-hybridized carbons (Fsp3) is 0.818. The average Bonchev–Trinajstić information content (AvgIpc) is 2.21. The largest absolute Gasteiger partial charge is 0.480 e. The summed E-state index contributed by atoms with van der Waals surface area (Å²) >= 11 is 0. The Bertz CT molecular complexity index is 307. The lowest BCUT2D eigenvalue weighted by molar-refractivity contribution is -0.137. The first-order chi connectivity index (χ1) is 8.32. The van der Waals surface area contributed by atoms with Crippen LogP contribution in [0.2, 0.25) is 0 Å². The van der Waals surface area contributed by atoms with Crippen LogP contribution in [0, 0.1) is 5.92 Å². The molecule has 0 aliphatic carbocycles. The van der Waals surface area contributed by atoms with Gasteiger partial charge in [0.25, 0.3) is 0 Å². The second-order valence-corrected chi connectivity index (χ2v) is 6.09. The SMILES string of the molecule is CC(C)CN(CC(=O)O)C(=O)NCCCS(C)=O. The summed E-state index contributed by atoms with van der Waals surface area (Å²) in [5.74, 6) is -0.289. The molecule has 0 aromatic heterocycles. The number of nitrogens with zero attached hydrogens (tertiary/aromatic N) is 1. The topological polar surface area (TPSA) is 86.7 Å². The molecular weight excluding hydrogens is 256 g/mol. The fourth-order valence-electron chi connectivity index (χ4n) is 1.41. The van der Waals surface area contributed by atoms with Crippen LogP contribution in [-0.2, 0) is 15.6 Å². The normalized spacial score (nSPS) is 12.2. The first-order valence-electron chi connectivity index (χ1n) is 5.87. The molecule has 18 heavy (non-hydrogen) atoms. The van der Waals surface area contributed by atoms with Gasteiger partial charge >= 0.3 is 12.0 Å². The molecule has 0 aliphatic rings. The van der Waals surface area contributed by atoms with Crippen molar-refractivity contribution in [1.82, 2.24) is 10.2 Å². The molecule has 0 spiro atoms. The van der Waals surface area contributed by atoms with E-state index in [-0.39, 0.29) is 18.5 Å². The average molecular weight is 278 g/mol. The Morgan fingerprint density at radius 3 is 2.44 bits per heavy atom. The first-order valence-corrected chi connectivity index (χ1v) is 7.60. The molecule has 1 atom stereocenters. The minimum Gasteiger partial charge on any atom is -0.480 e. The fourth-order valence-corrected chi connectivity index (χ4v) is 1.96. The Labute approximate surface area is 110 Å². The van der Waals surface area contributed by atoms with E-state index in [0.29, 0.717) is 25.3 Å². The molecule has 0 saturated heterocycles. The number of carboxylic acid groups (broad SMARTS) is 1. The Hall–Kier alpha value is -1.11. The van der Waals surface area contributed by atoms with Gasteiger partial charge in [0.05, 0.1) is 0 Å². The number of urea groups is 1. The van der Waals surface area contributed by atoms with Crippen molar-refractivity contribution in [1.29, 1.82) is 0 Å². The molecule has 0 bridgehead atoms. The highest BCUT2D eigenvalue weighted by Crippen LogP contribution is 1.99. The number of nitrogens with one attached hydrogen (secondary N) is 1. The zero-order valence-electron chi connectivity index (χ0n) is 11.1. The van der Waals surface area contributed by atoms with Crippen LogP contribution in [0.15, 0.2) is 0 Å². The van der Waals surface area contributed by atoms with Crippen LogP contribution in [0.3, 0.4) is 0 Å². The van der Waals surface area contributed by atoms with Crippen molar-refractivity contribution in [2.75, 3.05) is 31.6 Å². The van der Waals surface area contributed by atoms with Crippen LogP contribution in [0.25, 0.3) is 0 Å². The molecule has 6 nitrogen and oxygen atoms in total. The highest BCUT2D eigenvalue weighted by molar-refractivity contribution is 7.84. The maximum Gasteiger partial charge on any atom is 0.323 e. The van der Waals surface area contributed by atoms with E-state index in [9.17, 15) is 13.8 Å². The Morgan fingerprint density at radius 2 is 2.00 bits per heavy atom. The summed E-state index contributed by atoms with van der Waals surface area (Å²) < 4.78 is 10.8. The number of carbonyl (C=O) groups is 2. The van der Waals surface area contributed by atoms with E-state index in [0.717, 1.165) is 0 Å². The standard InChI is InChI=1S/C11H22N2O4S/c1-9(2)7-13(8-10(14)15)11(16)12-5-4-6-18(3)17/h9H,4-8H2,1-3H3,(H,12,16)(H,14,15). The monoisotopic (exact) mass is 278 g/mol. The van der Waals surface area contributed by atoms with Crippen molar-refractivity contribution in [2.24, 2.45) is 5.92 Å².